The minimum Gasteiger partial charge on any atom is -0.507 e. The van der Waals surface area contributed by atoms with Gasteiger partial charge in [0.2, 0.25) is 0 Å². The van der Waals surface area contributed by atoms with Crippen LogP contribution < -0.4 is 14.4 Å². The van der Waals surface area contributed by atoms with Gasteiger partial charge in [0.1, 0.15) is 23.3 Å². The Morgan fingerprint density at radius 1 is 1.05 bits per heavy atom. The fourth-order valence-electron chi connectivity index (χ4n) is 4.22. The van der Waals surface area contributed by atoms with Crippen molar-refractivity contribution in [1.29, 1.82) is 0 Å². The molecule has 1 N–H and O–H groups in total. The van der Waals surface area contributed by atoms with E-state index in [0.29, 0.717) is 40.9 Å². The Labute approximate surface area is 222 Å². The van der Waals surface area contributed by atoms with E-state index in [2.05, 4.69) is 11.9 Å². The van der Waals surface area contributed by atoms with Crippen LogP contribution >= 0.6 is 22.7 Å². The lowest BCUT2D eigenvalue weighted by Crippen LogP contribution is -2.28. The molecule has 1 unspecified atom stereocenters. The van der Waals surface area contributed by atoms with Gasteiger partial charge in [-0.1, -0.05) is 42.9 Å². The Bertz CT molecular complexity index is 1480. The molecule has 0 radical (unpaired) electrons. The summed E-state index contributed by atoms with van der Waals surface area (Å²) in [5.41, 5.74) is 1.15. The minimum absolute atomic E-state index is 0.0346. The SMILES string of the molecule is CCCCOc1cccc(/C(O)=C2\C(=O)C(=O)N(c3nc4ccc(OCC)cc4s3)C2c2cccs2)c1. The molecule has 5 rings (SSSR count). The number of hydrogen-bond acceptors (Lipinski definition) is 8. The molecule has 1 fully saturated rings. The third-order valence-electron chi connectivity index (χ3n) is 6.00. The van der Waals surface area contributed by atoms with Gasteiger partial charge in [-0.05, 0) is 55.1 Å². The summed E-state index contributed by atoms with van der Waals surface area (Å²) < 4.78 is 12.2. The Kier molecular flexibility index (Phi) is 7.25. The molecule has 2 aromatic heterocycles. The molecule has 190 valence electrons. The summed E-state index contributed by atoms with van der Waals surface area (Å²) in [5.74, 6) is -0.402. The molecule has 0 saturated carbocycles. The van der Waals surface area contributed by atoms with Crippen LogP contribution in [0, 0.1) is 0 Å². The highest BCUT2D eigenvalue weighted by molar-refractivity contribution is 7.22. The van der Waals surface area contributed by atoms with Gasteiger partial charge in [-0.15, -0.1) is 11.3 Å². The summed E-state index contributed by atoms with van der Waals surface area (Å²) >= 11 is 2.72. The van der Waals surface area contributed by atoms with Crippen molar-refractivity contribution in [2.75, 3.05) is 18.1 Å². The van der Waals surface area contributed by atoms with Gasteiger partial charge < -0.3 is 14.6 Å². The van der Waals surface area contributed by atoms with Gasteiger partial charge in [-0.2, -0.15) is 0 Å². The van der Waals surface area contributed by atoms with Crippen molar-refractivity contribution in [3.8, 4) is 11.5 Å². The van der Waals surface area contributed by atoms with Gasteiger partial charge in [-0.25, -0.2) is 4.98 Å². The number of fused-ring (bicyclic) bond motifs is 1. The molecule has 7 nitrogen and oxygen atoms in total. The maximum absolute atomic E-state index is 13.4. The number of anilines is 1. The molecule has 0 bridgehead atoms. The first-order valence-electron chi connectivity index (χ1n) is 12.1. The molecule has 1 aliphatic heterocycles. The topological polar surface area (TPSA) is 89.0 Å². The highest BCUT2D eigenvalue weighted by Crippen LogP contribution is 2.45. The number of carbonyl (C=O) groups excluding carboxylic acids is 2. The van der Waals surface area contributed by atoms with Gasteiger partial charge >= 0.3 is 5.91 Å². The molecule has 2 aromatic carbocycles. The first-order chi connectivity index (χ1) is 18.0. The third kappa shape index (κ3) is 4.84. The Hall–Kier alpha value is -3.69. The maximum Gasteiger partial charge on any atom is 0.301 e. The number of ether oxygens (including phenoxy) is 2. The van der Waals surface area contributed by atoms with Crippen LogP contribution in [-0.4, -0.2) is 35.0 Å². The van der Waals surface area contributed by atoms with E-state index in [9.17, 15) is 14.7 Å². The highest BCUT2D eigenvalue weighted by Gasteiger charge is 2.48. The molecule has 3 heterocycles. The average Bonchev–Trinajstić information content (AvgIpc) is 3.63. The lowest BCUT2D eigenvalue weighted by Gasteiger charge is -2.21. The fraction of sp³-hybridized carbons (Fsp3) is 0.250. The molecule has 0 aliphatic carbocycles. The fourth-order valence-corrected chi connectivity index (χ4v) is 6.07. The van der Waals surface area contributed by atoms with Crippen molar-refractivity contribution in [2.45, 2.75) is 32.7 Å². The van der Waals surface area contributed by atoms with E-state index in [1.807, 2.05) is 42.6 Å². The predicted molar refractivity (Wildman–Crippen MR) is 147 cm³/mol. The molecule has 9 heteroatoms. The Balaban J connectivity index is 1.59. The van der Waals surface area contributed by atoms with E-state index < -0.39 is 17.7 Å². The first kappa shape index (κ1) is 25.0. The summed E-state index contributed by atoms with van der Waals surface area (Å²) in [6.45, 7) is 5.09. The van der Waals surface area contributed by atoms with E-state index in [4.69, 9.17) is 9.47 Å². The summed E-state index contributed by atoms with van der Waals surface area (Å²) in [6.07, 6.45) is 1.91. The van der Waals surface area contributed by atoms with Crippen LogP contribution in [0.4, 0.5) is 5.13 Å². The van der Waals surface area contributed by atoms with Crippen molar-refractivity contribution >= 4 is 55.5 Å². The molecule has 37 heavy (non-hydrogen) atoms. The zero-order valence-corrected chi connectivity index (χ0v) is 22.1. The number of rotatable bonds is 9. The van der Waals surface area contributed by atoms with Crippen LogP contribution in [-0.2, 0) is 9.59 Å². The zero-order valence-electron chi connectivity index (χ0n) is 20.5. The molecule has 0 spiro atoms. The number of benzene rings is 2. The number of nitrogens with zero attached hydrogens (tertiary/aromatic N) is 2. The van der Waals surface area contributed by atoms with Crippen molar-refractivity contribution < 1.29 is 24.2 Å². The van der Waals surface area contributed by atoms with Crippen LogP contribution in [0.15, 0.2) is 65.6 Å². The quantitative estimate of drug-likeness (QED) is 0.113. The predicted octanol–water partition coefficient (Wildman–Crippen LogP) is 6.56. The van der Waals surface area contributed by atoms with E-state index in [1.54, 1.807) is 24.3 Å². The van der Waals surface area contributed by atoms with Crippen molar-refractivity contribution in [2.24, 2.45) is 0 Å². The van der Waals surface area contributed by atoms with Crippen LogP contribution in [0.5, 0.6) is 11.5 Å². The standard InChI is InChI=1S/C28H26N2O5S2/c1-3-5-13-35-18-9-6-8-17(15-18)25(31)23-24(21-10-7-14-36-21)30(27(33)26(23)32)28-29-20-12-11-19(34-4-2)16-22(20)37-28/h6-12,14-16,24,31H,3-5,13H2,1-2H3/b25-23+. The van der Waals surface area contributed by atoms with Crippen molar-refractivity contribution in [3.05, 3.63) is 76.0 Å². The molecule has 4 aromatic rings. The smallest absolute Gasteiger partial charge is 0.301 e. The highest BCUT2D eigenvalue weighted by atomic mass is 32.1. The Morgan fingerprint density at radius 3 is 2.65 bits per heavy atom. The average molecular weight is 535 g/mol. The van der Waals surface area contributed by atoms with Crippen LogP contribution in [0.25, 0.3) is 16.0 Å². The largest absolute Gasteiger partial charge is 0.507 e. The number of aliphatic hydroxyl groups excluding tert-OH is 1. The third-order valence-corrected chi connectivity index (χ3v) is 7.94. The number of aliphatic hydroxyl groups is 1. The lowest BCUT2D eigenvalue weighted by atomic mass is 10.00. The van der Waals surface area contributed by atoms with E-state index >= 15 is 0 Å². The second kappa shape index (κ2) is 10.7. The number of Topliss-reactive ketones (excluding diaryl/α,β-unsaturated/α-hetero) is 1. The Morgan fingerprint density at radius 2 is 1.89 bits per heavy atom. The summed E-state index contributed by atoms with van der Waals surface area (Å²) in [5, 5.41) is 13.6. The second-order valence-electron chi connectivity index (χ2n) is 8.47. The van der Waals surface area contributed by atoms with Crippen molar-refractivity contribution in [1.82, 2.24) is 4.98 Å². The number of aromatic nitrogens is 1. The van der Waals surface area contributed by atoms with Crippen LogP contribution in [0.3, 0.4) is 0 Å². The van der Waals surface area contributed by atoms with Crippen molar-refractivity contribution in [3.63, 3.8) is 0 Å². The summed E-state index contributed by atoms with van der Waals surface area (Å²) in [4.78, 5) is 33.6. The van der Waals surface area contributed by atoms with E-state index in [1.165, 1.54) is 27.6 Å². The van der Waals surface area contributed by atoms with Crippen LogP contribution in [0.2, 0.25) is 0 Å². The summed E-state index contributed by atoms with van der Waals surface area (Å²) in [6, 6.07) is 15.4. The number of hydrogen-bond donors (Lipinski definition) is 1. The number of thiazole rings is 1. The number of ketones is 1. The zero-order chi connectivity index (χ0) is 25.9. The van der Waals surface area contributed by atoms with E-state index in [-0.39, 0.29) is 11.3 Å². The molecule has 1 atom stereocenters. The molecule has 1 saturated heterocycles. The lowest BCUT2D eigenvalue weighted by molar-refractivity contribution is -0.132. The number of unbranched alkanes of at least 4 members (excludes halogenated alkanes) is 1. The first-order valence-corrected chi connectivity index (χ1v) is 13.8. The molecular formula is C28H26N2O5S2. The van der Waals surface area contributed by atoms with Gasteiger partial charge in [0.05, 0.1) is 29.0 Å². The summed E-state index contributed by atoms with van der Waals surface area (Å²) in [7, 11) is 0. The molecule has 1 aliphatic rings. The van der Waals surface area contributed by atoms with Gasteiger partial charge in [-0.3, -0.25) is 14.5 Å². The second-order valence-corrected chi connectivity index (χ2v) is 10.5. The monoisotopic (exact) mass is 534 g/mol. The number of amides is 1. The van der Waals surface area contributed by atoms with Gasteiger partial charge in [0.25, 0.3) is 5.78 Å². The molecule has 1 amide bonds. The maximum atomic E-state index is 13.4. The van der Waals surface area contributed by atoms with E-state index in [0.717, 1.165) is 22.4 Å². The number of thiophene rings is 1. The van der Waals surface area contributed by atoms with Crippen LogP contribution in [0.1, 0.15) is 43.2 Å². The minimum atomic E-state index is -0.795. The van der Waals surface area contributed by atoms with Gasteiger partial charge in [0.15, 0.2) is 5.13 Å². The molecular weight excluding hydrogens is 508 g/mol. The number of carbonyl (C=O) groups is 2. The van der Waals surface area contributed by atoms with Gasteiger partial charge in [0, 0.05) is 10.4 Å². The normalized spacial score (nSPS) is 17.0.